The summed E-state index contributed by atoms with van der Waals surface area (Å²) < 4.78 is 15.0. The SMILES string of the molecule is COC(=O)N[C@H](CO)Cc1ccc2c(c1)OCO2. The molecule has 0 saturated heterocycles. The molecule has 1 aliphatic heterocycles. The van der Waals surface area contributed by atoms with Gasteiger partial charge in [-0.15, -0.1) is 0 Å². The molecule has 0 bridgehead atoms. The Labute approximate surface area is 104 Å². The number of aliphatic hydroxyl groups excluding tert-OH is 1. The maximum atomic E-state index is 11.1. The molecule has 1 aromatic rings. The Hall–Kier alpha value is -1.95. The number of aliphatic hydroxyl groups is 1. The van der Waals surface area contributed by atoms with Crippen LogP contribution in [0.5, 0.6) is 11.5 Å². The second-order valence-electron chi connectivity index (χ2n) is 3.91. The normalized spacial score (nSPS) is 14.1. The van der Waals surface area contributed by atoms with Crippen molar-refractivity contribution in [2.75, 3.05) is 20.5 Å². The smallest absolute Gasteiger partial charge is 0.407 e. The molecule has 1 aromatic carbocycles. The van der Waals surface area contributed by atoms with Crippen LogP contribution in [-0.2, 0) is 11.2 Å². The van der Waals surface area contributed by atoms with Gasteiger partial charge in [-0.25, -0.2) is 4.79 Å². The van der Waals surface area contributed by atoms with Crippen molar-refractivity contribution >= 4 is 6.09 Å². The molecule has 0 unspecified atom stereocenters. The molecule has 0 radical (unpaired) electrons. The van der Waals surface area contributed by atoms with Crippen molar-refractivity contribution in [1.29, 1.82) is 0 Å². The lowest BCUT2D eigenvalue weighted by Crippen LogP contribution is -2.38. The lowest BCUT2D eigenvalue weighted by atomic mass is 10.1. The van der Waals surface area contributed by atoms with E-state index in [1.165, 1.54) is 7.11 Å². The molecule has 0 fully saturated rings. The molecule has 18 heavy (non-hydrogen) atoms. The van der Waals surface area contributed by atoms with Crippen LogP contribution in [0.4, 0.5) is 4.79 Å². The van der Waals surface area contributed by atoms with E-state index in [-0.39, 0.29) is 13.4 Å². The van der Waals surface area contributed by atoms with E-state index in [9.17, 15) is 9.90 Å². The van der Waals surface area contributed by atoms with Gasteiger partial charge in [0.05, 0.1) is 19.8 Å². The Morgan fingerprint density at radius 2 is 2.28 bits per heavy atom. The van der Waals surface area contributed by atoms with Crippen molar-refractivity contribution in [1.82, 2.24) is 5.32 Å². The van der Waals surface area contributed by atoms with E-state index in [1.807, 2.05) is 18.2 Å². The van der Waals surface area contributed by atoms with E-state index in [1.54, 1.807) is 0 Å². The number of hydrogen-bond donors (Lipinski definition) is 2. The molecule has 0 aliphatic carbocycles. The third-order valence-electron chi connectivity index (χ3n) is 2.65. The van der Waals surface area contributed by atoms with Crippen LogP contribution in [0.3, 0.4) is 0 Å². The predicted molar refractivity (Wildman–Crippen MR) is 62.7 cm³/mol. The summed E-state index contributed by atoms with van der Waals surface area (Å²) in [5.41, 5.74) is 0.940. The van der Waals surface area contributed by atoms with E-state index < -0.39 is 12.1 Å². The van der Waals surface area contributed by atoms with Crippen molar-refractivity contribution in [2.45, 2.75) is 12.5 Å². The first kappa shape index (κ1) is 12.5. The van der Waals surface area contributed by atoms with Crippen LogP contribution in [0.25, 0.3) is 0 Å². The highest BCUT2D eigenvalue weighted by molar-refractivity contribution is 5.67. The van der Waals surface area contributed by atoms with E-state index in [0.717, 1.165) is 5.56 Å². The molecule has 2 N–H and O–H groups in total. The fraction of sp³-hybridized carbons (Fsp3) is 0.417. The van der Waals surface area contributed by atoms with Gasteiger partial charge in [-0.05, 0) is 24.1 Å². The van der Waals surface area contributed by atoms with E-state index in [2.05, 4.69) is 10.1 Å². The molecule has 1 aliphatic rings. The van der Waals surface area contributed by atoms with E-state index >= 15 is 0 Å². The second kappa shape index (κ2) is 5.59. The summed E-state index contributed by atoms with van der Waals surface area (Å²) in [5.74, 6) is 1.39. The molecule has 0 spiro atoms. The van der Waals surface area contributed by atoms with Gasteiger partial charge in [0, 0.05) is 0 Å². The fourth-order valence-corrected chi connectivity index (χ4v) is 1.74. The molecule has 1 amide bonds. The Balaban J connectivity index is 2.01. The molecule has 2 rings (SSSR count). The van der Waals surface area contributed by atoms with Gasteiger partial charge in [0.15, 0.2) is 11.5 Å². The van der Waals surface area contributed by atoms with Crippen molar-refractivity contribution < 1.29 is 24.1 Å². The zero-order valence-corrected chi connectivity index (χ0v) is 10.0. The van der Waals surface area contributed by atoms with Crippen LogP contribution in [-0.4, -0.2) is 37.8 Å². The predicted octanol–water partition coefficient (Wildman–Crippen LogP) is 0.675. The quantitative estimate of drug-likeness (QED) is 0.825. The monoisotopic (exact) mass is 253 g/mol. The number of nitrogens with one attached hydrogen (secondary N) is 1. The number of benzene rings is 1. The zero-order chi connectivity index (χ0) is 13.0. The third-order valence-corrected chi connectivity index (χ3v) is 2.65. The summed E-state index contributed by atoms with van der Waals surface area (Å²) in [5, 5.41) is 11.7. The van der Waals surface area contributed by atoms with Gasteiger partial charge >= 0.3 is 6.09 Å². The molecule has 0 saturated carbocycles. The number of alkyl carbamates (subject to hydrolysis) is 1. The first-order valence-electron chi connectivity index (χ1n) is 5.57. The minimum absolute atomic E-state index is 0.163. The summed E-state index contributed by atoms with van der Waals surface area (Å²) in [6.45, 7) is 0.0617. The van der Waals surface area contributed by atoms with Crippen molar-refractivity contribution in [3.63, 3.8) is 0 Å². The van der Waals surface area contributed by atoms with Crippen molar-refractivity contribution in [3.8, 4) is 11.5 Å². The summed E-state index contributed by atoms with van der Waals surface area (Å²) in [6.07, 6.45) is -0.0720. The molecule has 1 atom stereocenters. The molecule has 98 valence electrons. The van der Waals surface area contributed by atoms with Crippen LogP contribution in [0.15, 0.2) is 18.2 Å². The highest BCUT2D eigenvalue weighted by Gasteiger charge is 2.16. The number of carbonyl (C=O) groups is 1. The van der Waals surface area contributed by atoms with Crippen LogP contribution < -0.4 is 14.8 Å². The number of amides is 1. The average Bonchev–Trinajstić information content (AvgIpc) is 2.85. The van der Waals surface area contributed by atoms with Crippen molar-refractivity contribution in [3.05, 3.63) is 23.8 Å². The Bertz CT molecular complexity index is 434. The maximum absolute atomic E-state index is 11.1. The second-order valence-corrected chi connectivity index (χ2v) is 3.91. The number of rotatable bonds is 4. The van der Waals surface area contributed by atoms with Crippen molar-refractivity contribution in [2.24, 2.45) is 0 Å². The lowest BCUT2D eigenvalue weighted by Gasteiger charge is -2.15. The van der Waals surface area contributed by atoms with Gasteiger partial charge in [-0.1, -0.05) is 6.07 Å². The molecule has 1 heterocycles. The molecule has 6 heteroatoms. The van der Waals surface area contributed by atoms with Gasteiger partial charge in [0.25, 0.3) is 0 Å². The summed E-state index contributed by atoms with van der Waals surface area (Å²) >= 11 is 0. The van der Waals surface area contributed by atoms with Gasteiger partial charge in [0.2, 0.25) is 6.79 Å². The third kappa shape index (κ3) is 2.84. The number of carbonyl (C=O) groups excluding carboxylic acids is 1. The van der Waals surface area contributed by atoms with Gasteiger partial charge < -0.3 is 24.6 Å². The average molecular weight is 253 g/mol. The van der Waals surface area contributed by atoms with Gasteiger partial charge in [0.1, 0.15) is 0 Å². The molecular weight excluding hydrogens is 238 g/mol. The molecule has 6 nitrogen and oxygen atoms in total. The molecule has 0 aromatic heterocycles. The lowest BCUT2D eigenvalue weighted by molar-refractivity contribution is 0.157. The summed E-state index contributed by atoms with van der Waals surface area (Å²) in [4.78, 5) is 11.1. The fourth-order valence-electron chi connectivity index (χ4n) is 1.74. The number of fused-ring (bicyclic) bond motifs is 1. The first-order valence-corrected chi connectivity index (χ1v) is 5.57. The van der Waals surface area contributed by atoms with Gasteiger partial charge in [-0.2, -0.15) is 0 Å². The highest BCUT2D eigenvalue weighted by Crippen LogP contribution is 2.32. The van der Waals surface area contributed by atoms with Crippen LogP contribution in [0, 0.1) is 0 Å². The van der Waals surface area contributed by atoms with Crippen LogP contribution in [0.2, 0.25) is 0 Å². The number of methoxy groups -OCH3 is 1. The highest BCUT2D eigenvalue weighted by atomic mass is 16.7. The zero-order valence-electron chi connectivity index (χ0n) is 10.0. The topological polar surface area (TPSA) is 77.0 Å². The molecular formula is C12H15NO5. The van der Waals surface area contributed by atoms with E-state index in [4.69, 9.17) is 9.47 Å². The largest absolute Gasteiger partial charge is 0.454 e. The standard InChI is InChI=1S/C12H15NO5/c1-16-12(15)13-9(6-14)4-8-2-3-10-11(5-8)18-7-17-10/h2-3,5,9,14H,4,6-7H2,1H3,(H,13,15)/t9-/m0/s1. The summed E-state index contributed by atoms with van der Waals surface area (Å²) in [6, 6.07) is 5.13. The van der Waals surface area contributed by atoms with Gasteiger partial charge in [-0.3, -0.25) is 0 Å². The maximum Gasteiger partial charge on any atom is 0.407 e. The Morgan fingerprint density at radius 1 is 1.50 bits per heavy atom. The Kier molecular flexibility index (Phi) is 3.88. The van der Waals surface area contributed by atoms with E-state index in [0.29, 0.717) is 17.9 Å². The number of ether oxygens (including phenoxy) is 3. The number of hydrogen-bond acceptors (Lipinski definition) is 5. The van der Waals surface area contributed by atoms with Crippen LogP contribution >= 0.6 is 0 Å². The van der Waals surface area contributed by atoms with Crippen LogP contribution in [0.1, 0.15) is 5.56 Å². The minimum atomic E-state index is -0.560. The first-order chi connectivity index (χ1) is 8.72. The summed E-state index contributed by atoms with van der Waals surface area (Å²) in [7, 11) is 1.28. The minimum Gasteiger partial charge on any atom is -0.454 e. The Morgan fingerprint density at radius 3 is 3.00 bits per heavy atom.